The van der Waals surface area contributed by atoms with E-state index >= 15 is 0 Å². The highest BCUT2D eigenvalue weighted by atomic mass is 15.2. The molecule has 3 heteroatoms. The number of hydrogen-bond donors (Lipinski definition) is 1. The van der Waals surface area contributed by atoms with Crippen molar-refractivity contribution in [2.75, 3.05) is 39.8 Å². The average Bonchev–Trinajstić information content (AvgIpc) is 2.70. The highest BCUT2D eigenvalue weighted by Gasteiger charge is 2.28. The van der Waals surface area contributed by atoms with Gasteiger partial charge in [0.15, 0.2) is 0 Å². The van der Waals surface area contributed by atoms with Gasteiger partial charge in [-0.05, 0) is 58.8 Å². The third-order valence-corrected chi connectivity index (χ3v) is 4.47. The van der Waals surface area contributed by atoms with Crippen LogP contribution < -0.4 is 5.32 Å². The third kappa shape index (κ3) is 3.67. The van der Waals surface area contributed by atoms with Crippen molar-refractivity contribution in [3.63, 3.8) is 0 Å². The van der Waals surface area contributed by atoms with Gasteiger partial charge in [0.2, 0.25) is 0 Å². The molecular formula is C14H29N3. The molecule has 0 spiro atoms. The minimum absolute atomic E-state index is 0.741. The van der Waals surface area contributed by atoms with Crippen LogP contribution in [0.3, 0.4) is 0 Å². The molecule has 0 aliphatic carbocycles. The molecule has 17 heavy (non-hydrogen) atoms. The largest absolute Gasteiger partial charge is 0.316 e. The Morgan fingerprint density at radius 1 is 1.12 bits per heavy atom. The predicted molar refractivity (Wildman–Crippen MR) is 73.4 cm³/mol. The van der Waals surface area contributed by atoms with Crippen LogP contribution in [0.2, 0.25) is 0 Å². The van der Waals surface area contributed by atoms with E-state index in [4.69, 9.17) is 0 Å². The van der Waals surface area contributed by atoms with E-state index in [9.17, 15) is 0 Å². The maximum absolute atomic E-state index is 3.43. The van der Waals surface area contributed by atoms with E-state index in [1.54, 1.807) is 0 Å². The molecule has 2 heterocycles. The number of nitrogens with one attached hydrogen (secondary N) is 1. The number of hydrogen-bond acceptors (Lipinski definition) is 3. The number of rotatable bonds is 4. The summed E-state index contributed by atoms with van der Waals surface area (Å²) < 4.78 is 0. The van der Waals surface area contributed by atoms with E-state index in [0.29, 0.717) is 0 Å². The van der Waals surface area contributed by atoms with Crippen LogP contribution in [0.4, 0.5) is 0 Å². The highest BCUT2D eigenvalue weighted by Crippen LogP contribution is 2.21. The Bertz CT molecular complexity index is 220. The zero-order chi connectivity index (χ0) is 12.1. The first-order valence-corrected chi connectivity index (χ1v) is 7.47. The summed E-state index contributed by atoms with van der Waals surface area (Å²) in [5.41, 5.74) is 0. The van der Waals surface area contributed by atoms with Crippen LogP contribution in [0.1, 0.15) is 39.0 Å². The fourth-order valence-corrected chi connectivity index (χ4v) is 3.40. The molecule has 2 atom stereocenters. The molecule has 0 aromatic carbocycles. The van der Waals surface area contributed by atoms with E-state index in [1.165, 1.54) is 64.8 Å². The van der Waals surface area contributed by atoms with Gasteiger partial charge >= 0.3 is 0 Å². The van der Waals surface area contributed by atoms with Crippen molar-refractivity contribution in [1.82, 2.24) is 15.1 Å². The second-order valence-electron chi connectivity index (χ2n) is 5.70. The van der Waals surface area contributed by atoms with Crippen LogP contribution in [0.15, 0.2) is 0 Å². The molecule has 0 aromatic rings. The molecule has 2 saturated heterocycles. The van der Waals surface area contributed by atoms with Gasteiger partial charge in [0.25, 0.3) is 0 Å². The SMILES string of the molecule is CCCN1CCCC(N2CCC(NC)C2)CC1. The fourth-order valence-electron chi connectivity index (χ4n) is 3.40. The van der Waals surface area contributed by atoms with Gasteiger partial charge in [-0.1, -0.05) is 6.92 Å². The van der Waals surface area contributed by atoms with Crippen molar-refractivity contribution in [3.05, 3.63) is 0 Å². The quantitative estimate of drug-likeness (QED) is 0.803. The Morgan fingerprint density at radius 3 is 2.71 bits per heavy atom. The Hall–Kier alpha value is -0.120. The first-order chi connectivity index (χ1) is 8.33. The molecule has 2 aliphatic rings. The van der Waals surface area contributed by atoms with Crippen molar-refractivity contribution in [3.8, 4) is 0 Å². The lowest BCUT2D eigenvalue weighted by Gasteiger charge is -2.27. The summed E-state index contributed by atoms with van der Waals surface area (Å²) in [6.07, 6.45) is 6.83. The molecule has 0 radical (unpaired) electrons. The fraction of sp³-hybridized carbons (Fsp3) is 1.00. The molecule has 0 aromatic heterocycles. The molecule has 2 aliphatic heterocycles. The van der Waals surface area contributed by atoms with Crippen LogP contribution >= 0.6 is 0 Å². The Morgan fingerprint density at radius 2 is 2.00 bits per heavy atom. The third-order valence-electron chi connectivity index (χ3n) is 4.47. The van der Waals surface area contributed by atoms with Crippen LogP contribution in [-0.4, -0.2) is 61.7 Å². The zero-order valence-corrected chi connectivity index (χ0v) is 11.6. The van der Waals surface area contributed by atoms with E-state index in [0.717, 1.165) is 12.1 Å². The van der Waals surface area contributed by atoms with E-state index in [2.05, 4.69) is 29.1 Å². The Kier molecular flexibility index (Phi) is 5.26. The Balaban J connectivity index is 1.78. The second-order valence-corrected chi connectivity index (χ2v) is 5.70. The molecule has 2 unspecified atom stereocenters. The summed E-state index contributed by atoms with van der Waals surface area (Å²) in [7, 11) is 2.10. The van der Waals surface area contributed by atoms with Gasteiger partial charge in [-0.15, -0.1) is 0 Å². The van der Waals surface area contributed by atoms with Gasteiger partial charge in [0, 0.05) is 25.2 Å². The zero-order valence-electron chi connectivity index (χ0n) is 11.6. The van der Waals surface area contributed by atoms with E-state index in [-0.39, 0.29) is 0 Å². The molecule has 0 bridgehead atoms. The van der Waals surface area contributed by atoms with Crippen LogP contribution in [0, 0.1) is 0 Å². The number of likely N-dealkylation sites (N-methyl/N-ethyl adjacent to an activating group) is 1. The lowest BCUT2D eigenvalue weighted by atomic mass is 10.1. The second kappa shape index (κ2) is 6.72. The molecule has 3 nitrogen and oxygen atoms in total. The first kappa shape index (κ1) is 13.3. The van der Waals surface area contributed by atoms with Gasteiger partial charge in [0.05, 0.1) is 0 Å². The average molecular weight is 239 g/mol. The van der Waals surface area contributed by atoms with Crippen molar-refractivity contribution >= 4 is 0 Å². The van der Waals surface area contributed by atoms with Gasteiger partial charge in [-0.3, -0.25) is 4.90 Å². The molecule has 100 valence electrons. The van der Waals surface area contributed by atoms with Crippen LogP contribution in [0.25, 0.3) is 0 Å². The van der Waals surface area contributed by atoms with Gasteiger partial charge < -0.3 is 10.2 Å². The van der Waals surface area contributed by atoms with E-state index in [1.807, 2.05) is 0 Å². The number of nitrogens with zero attached hydrogens (tertiary/aromatic N) is 2. The molecule has 0 amide bonds. The van der Waals surface area contributed by atoms with Crippen LogP contribution in [-0.2, 0) is 0 Å². The summed E-state index contributed by atoms with van der Waals surface area (Å²) in [6.45, 7) is 8.82. The molecule has 0 saturated carbocycles. The summed E-state index contributed by atoms with van der Waals surface area (Å²) in [4.78, 5) is 5.39. The standard InChI is InChI=1S/C14H29N3/c1-3-8-16-9-4-5-14(7-10-16)17-11-6-13(12-17)15-2/h13-15H,3-12H2,1-2H3. The minimum Gasteiger partial charge on any atom is -0.316 e. The summed E-state index contributed by atoms with van der Waals surface area (Å²) in [5.74, 6) is 0. The van der Waals surface area contributed by atoms with Crippen molar-refractivity contribution in [1.29, 1.82) is 0 Å². The smallest absolute Gasteiger partial charge is 0.0204 e. The summed E-state index contributed by atoms with van der Waals surface area (Å²) in [5, 5.41) is 3.43. The molecule has 2 fully saturated rings. The topological polar surface area (TPSA) is 18.5 Å². The Labute approximate surface area is 107 Å². The first-order valence-electron chi connectivity index (χ1n) is 7.47. The maximum atomic E-state index is 3.43. The van der Waals surface area contributed by atoms with Crippen molar-refractivity contribution in [2.24, 2.45) is 0 Å². The predicted octanol–water partition coefficient (Wildman–Crippen LogP) is 1.54. The lowest BCUT2D eigenvalue weighted by Crippen LogP contribution is -2.37. The van der Waals surface area contributed by atoms with E-state index < -0.39 is 0 Å². The normalized spacial score (nSPS) is 32.8. The van der Waals surface area contributed by atoms with Gasteiger partial charge in [0.1, 0.15) is 0 Å². The molecule has 2 rings (SSSR count). The monoisotopic (exact) mass is 239 g/mol. The van der Waals surface area contributed by atoms with Gasteiger partial charge in [-0.25, -0.2) is 0 Å². The van der Waals surface area contributed by atoms with Crippen molar-refractivity contribution < 1.29 is 0 Å². The molecular weight excluding hydrogens is 210 g/mol. The van der Waals surface area contributed by atoms with Crippen molar-refractivity contribution in [2.45, 2.75) is 51.1 Å². The number of likely N-dealkylation sites (tertiary alicyclic amines) is 2. The summed E-state index contributed by atoms with van der Waals surface area (Å²) >= 11 is 0. The highest BCUT2D eigenvalue weighted by molar-refractivity contribution is 4.86. The summed E-state index contributed by atoms with van der Waals surface area (Å²) in [6, 6.07) is 1.60. The maximum Gasteiger partial charge on any atom is 0.0204 e. The van der Waals surface area contributed by atoms with Gasteiger partial charge in [-0.2, -0.15) is 0 Å². The molecule has 1 N–H and O–H groups in total. The minimum atomic E-state index is 0.741. The van der Waals surface area contributed by atoms with Crippen LogP contribution in [0.5, 0.6) is 0 Å². The lowest BCUT2D eigenvalue weighted by molar-refractivity contribution is 0.211.